The van der Waals surface area contributed by atoms with E-state index in [4.69, 9.17) is 0 Å². The van der Waals surface area contributed by atoms with Gasteiger partial charge in [-0.05, 0) is 25.5 Å². The Bertz CT molecular complexity index is 1200. The Morgan fingerprint density at radius 2 is 1.90 bits per heavy atom. The van der Waals surface area contributed by atoms with Crippen molar-refractivity contribution < 1.29 is 13.2 Å². The summed E-state index contributed by atoms with van der Waals surface area (Å²) in [4.78, 5) is 4.24. The van der Waals surface area contributed by atoms with Gasteiger partial charge < -0.3 is 10.6 Å². The van der Waals surface area contributed by atoms with Gasteiger partial charge >= 0.3 is 6.18 Å². The third-order valence-electron chi connectivity index (χ3n) is 4.46. The molecule has 0 aliphatic rings. The van der Waals surface area contributed by atoms with Crippen LogP contribution in [0.15, 0.2) is 48.9 Å². The second-order valence-electron chi connectivity index (χ2n) is 6.85. The van der Waals surface area contributed by atoms with Crippen LogP contribution in [0, 0.1) is 13.8 Å². The molecule has 4 rings (SSSR count). The molecule has 7 nitrogen and oxygen atoms in total. The zero-order chi connectivity index (χ0) is 21.3. The second-order valence-corrected chi connectivity index (χ2v) is 6.85. The number of hydrogen-bond donors (Lipinski definition) is 2. The molecular formula is C20H18F3N7. The number of anilines is 4. The molecule has 0 aliphatic carbocycles. The molecule has 3 heterocycles. The van der Waals surface area contributed by atoms with E-state index in [1.807, 2.05) is 25.1 Å². The largest absolute Gasteiger partial charge is 0.408 e. The third-order valence-corrected chi connectivity index (χ3v) is 4.46. The number of nitrogens with zero attached hydrogens (tertiary/aromatic N) is 5. The number of hydrogen-bond acceptors (Lipinski definition) is 6. The van der Waals surface area contributed by atoms with Crippen LogP contribution >= 0.6 is 0 Å². The van der Waals surface area contributed by atoms with Crippen molar-refractivity contribution in [2.75, 3.05) is 10.6 Å². The van der Waals surface area contributed by atoms with E-state index < -0.39 is 12.7 Å². The fraction of sp³-hybridized carbons (Fsp3) is 0.200. The smallest absolute Gasteiger partial charge is 0.354 e. The minimum Gasteiger partial charge on any atom is -0.354 e. The highest BCUT2D eigenvalue weighted by molar-refractivity contribution is 5.93. The van der Waals surface area contributed by atoms with E-state index >= 15 is 0 Å². The summed E-state index contributed by atoms with van der Waals surface area (Å²) in [6, 6.07) is 9.41. The predicted molar refractivity (Wildman–Crippen MR) is 108 cm³/mol. The van der Waals surface area contributed by atoms with Crippen molar-refractivity contribution in [1.82, 2.24) is 25.0 Å². The average molecular weight is 413 g/mol. The maximum Gasteiger partial charge on any atom is 0.408 e. The quantitative estimate of drug-likeness (QED) is 0.485. The van der Waals surface area contributed by atoms with E-state index in [-0.39, 0.29) is 0 Å². The molecule has 0 unspecified atom stereocenters. The monoisotopic (exact) mass is 413 g/mol. The van der Waals surface area contributed by atoms with Gasteiger partial charge in [-0.15, -0.1) is 0 Å². The van der Waals surface area contributed by atoms with Gasteiger partial charge in [-0.25, -0.2) is 4.98 Å². The zero-order valence-corrected chi connectivity index (χ0v) is 16.2. The second kappa shape index (κ2) is 7.62. The van der Waals surface area contributed by atoms with Crippen LogP contribution in [0.2, 0.25) is 0 Å². The van der Waals surface area contributed by atoms with Gasteiger partial charge in [0.05, 0.1) is 28.8 Å². The fourth-order valence-electron chi connectivity index (χ4n) is 3.10. The first-order valence-corrected chi connectivity index (χ1v) is 9.10. The van der Waals surface area contributed by atoms with Crippen molar-refractivity contribution in [3.05, 3.63) is 60.2 Å². The molecule has 4 aromatic rings. The maximum absolute atomic E-state index is 12.6. The fourth-order valence-corrected chi connectivity index (χ4v) is 3.10. The van der Waals surface area contributed by atoms with Gasteiger partial charge in [-0.1, -0.05) is 18.2 Å². The topological polar surface area (TPSA) is 80.5 Å². The van der Waals surface area contributed by atoms with Gasteiger partial charge in [0.2, 0.25) is 0 Å². The van der Waals surface area contributed by atoms with Crippen molar-refractivity contribution in [2.24, 2.45) is 0 Å². The SMILES string of the molecule is Cc1nn(CC(F)(F)F)cc1Nc1cc(Nc2cnnc3c(C)cccc23)ccn1. The van der Waals surface area contributed by atoms with E-state index in [0.717, 1.165) is 32.5 Å². The molecule has 0 spiro atoms. The van der Waals surface area contributed by atoms with E-state index in [1.54, 1.807) is 31.5 Å². The van der Waals surface area contributed by atoms with Gasteiger partial charge in [0.1, 0.15) is 12.4 Å². The molecule has 0 aliphatic heterocycles. The summed E-state index contributed by atoms with van der Waals surface area (Å²) >= 11 is 0. The zero-order valence-electron chi connectivity index (χ0n) is 16.2. The highest BCUT2D eigenvalue weighted by atomic mass is 19.4. The number of halogens is 3. The number of aryl methyl sites for hydroxylation is 2. The molecule has 2 N–H and O–H groups in total. The first-order chi connectivity index (χ1) is 14.3. The molecule has 3 aromatic heterocycles. The number of nitrogens with one attached hydrogen (secondary N) is 2. The molecule has 0 saturated heterocycles. The van der Waals surface area contributed by atoms with E-state index in [9.17, 15) is 13.2 Å². The van der Waals surface area contributed by atoms with E-state index in [1.165, 1.54) is 6.20 Å². The lowest BCUT2D eigenvalue weighted by molar-refractivity contribution is -0.142. The van der Waals surface area contributed by atoms with Crippen LogP contribution in [0.4, 0.5) is 36.1 Å². The molecule has 154 valence electrons. The van der Waals surface area contributed by atoms with Crippen LogP contribution in [0.3, 0.4) is 0 Å². The number of alkyl halides is 3. The molecule has 0 atom stereocenters. The highest BCUT2D eigenvalue weighted by Crippen LogP contribution is 2.28. The van der Waals surface area contributed by atoms with Crippen LogP contribution in [-0.2, 0) is 6.54 Å². The van der Waals surface area contributed by atoms with Crippen LogP contribution in [0.25, 0.3) is 10.9 Å². The van der Waals surface area contributed by atoms with Gasteiger partial charge in [-0.2, -0.15) is 28.5 Å². The van der Waals surface area contributed by atoms with Crippen molar-refractivity contribution in [3.63, 3.8) is 0 Å². The summed E-state index contributed by atoms with van der Waals surface area (Å²) < 4.78 is 38.6. The van der Waals surface area contributed by atoms with Gasteiger partial charge in [0.25, 0.3) is 0 Å². The number of pyridine rings is 1. The van der Waals surface area contributed by atoms with E-state index in [2.05, 4.69) is 30.9 Å². The molecule has 10 heteroatoms. The standard InChI is InChI=1S/C20H18F3N7/c1-12-4-3-5-15-16(9-25-28-19(12)15)26-14-6-7-24-18(8-14)27-17-10-30(29-13(17)2)11-20(21,22)23/h3-10H,11H2,1-2H3,(H2,24,26,27,28). The summed E-state index contributed by atoms with van der Waals surface area (Å²) in [5, 5.41) is 19.4. The summed E-state index contributed by atoms with van der Waals surface area (Å²) in [6.07, 6.45) is 0.216. The number of rotatable bonds is 5. The van der Waals surface area contributed by atoms with Gasteiger partial charge in [-0.3, -0.25) is 4.68 Å². The van der Waals surface area contributed by atoms with E-state index in [0.29, 0.717) is 17.2 Å². The number of aromatic nitrogens is 5. The van der Waals surface area contributed by atoms with Gasteiger partial charge in [0, 0.05) is 29.5 Å². The first-order valence-electron chi connectivity index (χ1n) is 9.10. The Balaban J connectivity index is 1.57. The van der Waals surface area contributed by atoms with Crippen molar-refractivity contribution in [1.29, 1.82) is 0 Å². The van der Waals surface area contributed by atoms with Crippen molar-refractivity contribution >= 4 is 33.8 Å². The lowest BCUT2D eigenvalue weighted by Gasteiger charge is -2.11. The van der Waals surface area contributed by atoms with Crippen molar-refractivity contribution in [2.45, 2.75) is 26.6 Å². The lowest BCUT2D eigenvalue weighted by atomic mass is 10.1. The van der Waals surface area contributed by atoms with Crippen LogP contribution < -0.4 is 10.6 Å². The average Bonchev–Trinajstić information content (AvgIpc) is 3.00. The van der Waals surface area contributed by atoms with Crippen molar-refractivity contribution in [3.8, 4) is 0 Å². The summed E-state index contributed by atoms with van der Waals surface area (Å²) in [7, 11) is 0. The molecule has 0 amide bonds. The maximum atomic E-state index is 12.6. The molecule has 0 fully saturated rings. The molecular weight excluding hydrogens is 395 g/mol. The molecule has 0 bridgehead atoms. The van der Waals surface area contributed by atoms with Gasteiger partial charge in [0.15, 0.2) is 0 Å². The number of fused-ring (bicyclic) bond motifs is 1. The molecule has 1 aromatic carbocycles. The summed E-state index contributed by atoms with van der Waals surface area (Å²) in [5.41, 5.74) is 4.25. The minimum absolute atomic E-state index is 0.444. The number of benzene rings is 1. The van der Waals surface area contributed by atoms with Crippen LogP contribution in [0.1, 0.15) is 11.3 Å². The van der Waals surface area contributed by atoms with Crippen LogP contribution in [0.5, 0.6) is 0 Å². The first kappa shape index (κ1) is 19.6. The summed E-state index contributed by atoms with van der Waals surface area (Å²) in [6.45, 7) is 2.46. The highest BCUT2D eigenvalue weighted by Gasteiger charge is 2.28. The third kappa shape index (κ3) is 4.32. The summed E-state index contributed by atoms with van der Waals surface area (Å²) in [5.74, 6) is 0.470. The Morgan fingerprint density at radius 3 is 2.70 bits per heavy atom. The molecule has 30 heavy (non-hydrogen) atoms. The normalized spacial score (nSPS) is 11.6. The Hall–Kier alpha value is -3.69. The molecule has 0 radical (unpaired) electrons. The Labute approximate surface area is 170 Å². The Kier molecular flexibility index (Phi) is 4.98. The lowest BCUT2D eigenvalue weighted by Crippen LogP contribution is -2.17. The Morgan fingerprint density at radius 1 is 1.07 bits per heavy atom. The predicted octanol–water partition coefficient (Wildman–Crippen LogP) is 4.89. The van der Waals surface area contributed by atoms with Crippen LogP contribution in [-0.4, -0.2) is 31.1 Å². The minimum atomic E-state index is -4.34. The molecule has 0 saturated carbocycles.